The van der Waals surface area contributed by atoms with E-state index >= 15 is 0 Å². The molecule has 2 N–H and O–H groups in total. The maximum Gasteiger partial charge on any atom is 0.417 e. The van der Waals surface area contributed by atoms with Crippen LogP contribution in [0.15, 0.2) is 60.7 Å². The van der Waals surface area contributed by atoms with E-state index in [2.05, 4.69) is 20.5 Å². The van der Waals surface area contributed by atoms with Crippen LogP contribution in [0.4, 0.5) is 29.1 Å². The molecule has 1 fully saturated rings. The molecule has 0 unspecified atom stereocenters. The Hall–Kier alpha value is -4.54. The summed E-state index contributed by atoms with van der Waals surface area (Å²) in [5.41, 5.74) is -0.685. The van der Waals surface area contributed by atoms with Crippen molar-refractivity contribution in [2.75, 3.05) is 23.3 Å². The van der Waals surface area contributed by atoms with Gasteiger partial charge in [-0.15, -0.1) is 0 Å². The summed E-state index contributed by atoms with van der Waals surface area (Å²) in [5.74, 6) is -0.581. The topological polar surface area (TPSA) is 87.2 Å². The Morgan fingerprint density at radius 1 is 0.929 bits per heavy atom. The van der Waals surface area contributed by atoms with E-state index in [1.807, 2.05) is 0 Å². The normalized spacial score (nSPS) is 13.5. The largest absolute Gasteiger partial charge is 0.417 e. The maximum atomic E-state index is 13.9. The highest BCUT2D eigenvalue weighted by Gasteiger charge is 2.35. The molecule has 218 valence electrons. The number of nitrogens with one attached hydrogen (secondary N) is 2. The molecule has 2 amide bonds. The molecule has 1 aromatic heterocycles. The van der Waals surface area contributed by atoms with Crippen molar-refractivity contribution in [1.29, 1.82) is 0 Å². The van der Waals surface area contributed by atoms with E-state index in [9.17, 15) is 27.2 Å². The Balaban J connectivity index is 1.48. The number of aromatic nitrogens is 2. The van der Waals surface area contributed by atoms with Gasteiger partial charge in [0.05, 0.1) is 16.6 Å². The van der Waals surface area contributed by atoms with Crippen LogP contribution in [0.5, 0.6) is 0 Å². The van der Waals surface area contributed by atoms with Gasteiger partial charge in [-0.1, -0.05) is 26.8 Å². The van der Waals surface area contributed by atoms with E-state index in [0.29, 0.717) is 33.7 Å². The van der Waals surface area contributed by atoms with Gasteiger partial charge in [-0.25, -0.2) is 14.4 Å². The second-order valence-electron chi connectivity index (χ2n) is 11.2. The number of hydrogen-bond acceptors (Lipinski definition) is 5. The zero-order valence-electron chi connectivity index (χ0n) is 23.3. The fourth-order valence-electron chi connectivity index (χ4n) is 4.47. The average molecular weight is 580 g/mol. The van der Waals surface area contributed by atoms with Gasteiger partial charge in [0.1, 0.15) is 11.6 Å². The number of alkyl halides is 3. The fraction of sp³-hybridized carbons (Fsp3) is 0.290. The van der Waals surface area contributed by atoms with E-state index < -0.39 is 34.4 Å². The van der Waals surface area contributed by atoms with Crippen molar-refractivity contribution in [3.63, 3.8) is 0 Å². The third-order valence-corrected chi connectivity index (χ3v) is 6.96. The number of hydrogen-bond donors (Lipinski definition) is 2. The predicted molar refractivity (Wildman–Crippen MR) is 152 cm³/mol. The molecule has 42 heavy (non-hydrogen) atoms. The van der Waals surface area contributed by atoms with Crippen LogP contribution in [0, 0.1) is 11.2 Å². The lowest BCUT2D eigenvalue weighted by molar-refractivity contribution is -0.138. The van der Waals surface area contributed by atoms with E-state index in [1.54, 1.807) is 51.1 Å². The van der Waals surface area contributed by atoms with Crippen molar-refractivity contribution in [2.24, 2.45) is 5.41 Å². The maximum absolute atomic E-state index is 13.9. The molecule has 0 bridgehead atoms. The number of nitrogens with zero attached hydrogens (tertiary/aromatic N) is 3. The highest BCUT2D eigenvalue weighted by Crippen LogP contribution is 2.34. The monoisotopic (exact) mass is 579 g/mol. The number of carbonyl (C=O) groups excluding carboxylic acids is 2. The molecule has 0 atom stereocenters. The summed E-state index contributed by atoms with van der Waals surface area (Å²) in [5, 5.41) is 5.97. The van der Waals surface area contributed by atoms with Gasteiger partial charge in [0.25, 0.3) is 5.91 Å². The van der Waals surface area contributed by atoms with Gasteiger partial charge < -0.3 is 15.5 Å². The lowest BCUT2D eigenvalue weighted by Crippen LogP contribution is -2.37. The predicted octanol–water partition coefficient (Wildman–Crippen LogP) is 6.58. The minimum Gasteiger partial charge on any atom is -0.356 e. The van der Waals surface area contributed by atoms with Crippen molar-refractivity contribution in [1.82, 2.24) is 15.3 Å². The molecule has 0 radical (unpaired) electrons. The number of anilines is 2. The van der Waals surface area contributed by atoms with Gasteiger partial charge in [-0.2, -0.15) is 13.2 Å². The molecule has 7 nitrogen and oxygen atoms in total. The molecule has 2 heterocycles. The van der Waals surface area contributed by atoms with Gasteiger partial charge >= 0.3 is 6.18 Å². The van der Waals surface area contributed by atoms with Crippen LogP contribution >= 0.6 is 0 Å². The van der Waals surface area contributed by atoms with E-state index in [4.69, 9.17) is 4.98 Å². The minimum atomic E-state index is -4.77. The van der Waals surface area contributed by atoms with Crippen molar-refractivity contribution in [3.05, 3.63) is 83.2 Å². The Bertz CT molecular complexity index is 1660. The number of halogens is 4. The lowest BCUT2D eigenvalue weighted by Gasteiger charge is -2.33. The molecule has 3 aromatic carbocycles. The first kappa shape index (κ1) is 29.0. The quantitative estimate of drug-likeness (QED) is 0.252. The van der Waals surface area contributed by atoms with E-state index in [-0.39, 0.29) is 18.1 Å². The smallest absolute Gasteiger partial charge is 0.356 e. The number of rotatable bonds is 6. The molecule has 1 saturated heterocycles. The van der Waals surface area contributed by atoms with Crippen LogP contribution in [0.3, 0.4) is 0 Å². The van der Waals surface area contributed by atoms with Crippen LogP contribution in [0.2, 0.25) is 0 Å². The molecule has 1 aliphatic rings. The van der Waals surface area contributed by atoms with Crippen LogP contribution < -0.4 is 15.5 Å². The van der Waals surface area contributed by atoms with Crippen molar-refractivity contribution in [2.45, 2.75) is 39.9 Å². The molecule has 0 saturated carbocycles. The lowest BCUT2D eigenvalue weighted by atomic mass is 9.95. The number of benzene rings is 3. The Kier molecular flexibility index (Phi) is 7.61. The molecule has 0 spiro atoms. The fourth-order valence-corrected chi connectivity index (χ4v) is 4.47. The summed E-state index contributed by atoms with van der Waals surface area (Å²) < 4.78 is 55.1. The van der Waals surface area contributed by atoms with Crippen LogP contribution in [0.1, 0.15) is 48.7 Å². The number of carbonyl (C=O) groups is 2. The zero-order chi connectivity index (χ0) is 30.2. The Morgan fingerprint density at radius 2 is 1.64 bits per heavy atom. The Labute approximate surface area is 240 Å². The van der Waals surface area contributed by atoms with E-state index in [1.165, 1.54) is 18.2 Å². The standard InChI is InChI=1S/C31H29F4N5O2/c1-30(2,3)29(42)36-17-18-5-12-24(31(33,34)35)23(15-18)28(41)37-21-10-11-22-25(16-21)38-26(19-6-8-20(32)9-7-19)39-27(22)40-13-4-14-40/h5-12,15-16H,4,13-14,17H2,1-3H3,(H,36,42)(H,37,41). The SMILES string of the molecule is CC(C)(C)C(=O)NCc1ccc(C(F)(F)F)c(C(=O)Nc2ccc3c(N4CCC4)nc(-c4ccc(F)cc4)nc3c2)c1. The molecule has 11 heteroatoms. The summed E-state index contributed by atoms with van der Waals surface area (Å²) in [7, 11) is 0. The molecule has 5 rings (SSSR count). The molecule has 0 aliphatic carbocycles. The van der Waals surface area contributed by atoms with Gasteiger partial charge in [0.2, 0.25) is 5.91 Å². The van der Waals surface area contributed by atoms with Gasteiger partial charge in [0.15, 0.2) is 5.82 Å². The first-order valence-electron chi connectivity index (χ1n) is 13.4. The summed E-state index contributed by atoms with van der Waals surface area (Å²) in [6.07, 6.45) is -3.77. The highest BCUT2D eigenvalue weighted by atomic mass is 19.4. The van der Waals surface area contributed by atoms with Gasteiger partial charge in [-0.05, 0) is 66.6 Å². The third-order valence-electron chi connectivity index (χ3n) is 6.96. The van der Waals surface area contributed by atoms with E-state index in [0.717, 1.165) is 31.6 Å². The summed E-state index contributed by atoms with van der Waals surface area (Å²) in [4.78, 5) is 36.9. The first-order valence-corrected chi connectivity index (χ1v) is 13.4. The summed E-state index contributed by atoms with van der Waals surface area (Å²) in [6.45, 7) is 6.74. The van der Waals surface area contributed by atoms with Crippen molar-refractivity contribution in [3.8, 4) is 11.4 Å². The van der Waals surface area contributed by atoms with Crippen molar-refractivity contribution >= 4 is 34.2 Å². The van der Waals surface area contributed by atoms with Gasteiger partial charge in [0, 0.05) is 41.7 Å². The zero-order valence-corrected chi connectivity index (χ0v) is 23.3. The summed E-state index contributed by atoms with van der Waals surface area (Å²) >= 11 is 0. The van der Waals surface area contributed by atoms with Crippen LogP contribution in [0.25, 0.3) is 22.3 Å². The average Bonchev–Trinajstić information content (AvgIpc) is 2.89. The molecule has 1 aliphatic heterocycles. The second-order valence-corrected chi connectivity index (χ2v) is 11.2. The van der Waals surface area contributed by atoms with Gasteiger partial charge in [-0.3, -0.25) is 9.59 Å². The summed E-state index contributed by atoms with van der Waals surface area (Å²) in [6, 6.07) is 13.9. The molecular weight excluding hydrogens is 550 g/mol. The van der Waals surface area contributed by atoms with Crippen LogP contribution in [-0.2, 0) is 17.5 Å². The number of fused-ring (bicyclic) bond motifs is 1. The molecular formula is C31H29F4N5O2. The van der Waals surface area contributed by atoms with Crippen LogP contribution in [-0.4, -0.2) is 34.9 Å². The first-order chi connectivity index (χ1) is 19.8. The number of amides is 2. The van der Waals surface area contributed by atoms with Crippen molar-refractivity contribution < 1.29 is 27.2 Å². The highest BCUT2D eigenvalue weighted by molar-refractivity contribution is 6.06. The minimum absolute atomic E-state index is 0.0349. The third kappa shape index (κ3) is 6.19. The second kappa shape index (κ2) is 11.0. The Morgan fingerprint density at radius 3 is 2.26 bits per heavy atom. The molecule has 4 aromatic rings.